The van der Waals surface area contributed by atoms with Crippen molar-refractivity contribution in [2.75, 3.05) is 18.1 Å². The summed E-state index contributed by atoms with van der Waals surface area (Å²) < 4.78 is 5.57. The molecule has 0 bridgehead atoms. The van der Waals surface area contributed by atoms with E-state index in [2.05, 4.69) is 11.6 Å². The molecule has 0 N–H and O–H groups in total. The van der Waals surface area contributed by atoms with Gasteiger partial charge >= 0.3 is 0 Å². The van der Waals surface area contributed by atoms with Gasteiger partial charge in [0.05, 0.1) is 12.3 Å². The van der Waals surface area contributed by atoms with Crippen LogP contribution in [-0.4, -0.2) is 24.0 Å². The Kier molecular flexibility index (Phi) is 6.76. The third kappa shape index (κ3) is 5.04. The standard InChI is InChI=1S/C21H19ClN2O2S/c1-2-12-24(20(25)14-26-13-17-10-6-7-11-18(17)22)21-23-19(15-27-21)16-8-4-3-5-9-16/h2-11,15H,1,12-14H2. The van der Waals surface area contributed by atoms with Gasteiger partial charge in [0.25, 0.3) is 5.91 Å². The van der Waals surface area contributed by atoms with Crippen LogP contribution in [0.15, 0.2) is 72.6 Å². The maximum atomic E-state index is 12.6. The van der Waals surface area contributed by atoms with Crippen LogP contribution in [0.2, 0.25) is 5.02 Å². The average Bonchev–Trinajstić information content (AvgIpc) is 3.18. The SMILES string of the molecule is C=CCN(C(=O)COCc1ccccc1Cl)c1nc(-c2ccccc2)cs1. The maximum Gasteiger partial charge on any atom is 0.255 e. The minimum Gasteiger partial charge on any atom is -0.367 e. The van der Waals surface area contributed by atoms with Crippen LogP contribution in [-0.2, 0) is 16.1 Å². The second-order valence-corrected chi connectivity index (χ2v) is 7.00. The normalized spacial score (nSPS) is 10.6. The van der Waals surface area contributed by atoms with Crippen LogP contribution in [0, 0.1) is 0 Å². The van der Waals surface area contributed by atoms with E-state index in [1.54, 1.807) is 17.0 Å². The van der Waals surface area contributed by atoms with Gasteiger partial charge in [-0.25, -0.2) is 4.98 Å². The highest BCUT2D eigenvalue weighted by atomic mass is 35.5. The lowest BCUT2D eigenvalue weighted by molar-refractivity contribution is -0.123. The Hall–Kier alpha value is -2.47. The highest BCUT2D eigenvalue weighted by Gasteiger charge is 2.18. The Morgan fingerprint density at radius 3 is 2.67 bits per heavy atom. The minimum absolute atomic E-state index is 0.0562. The van der Waals surface area contributed by atoms with E-state index in [0.29, 0.717) is 16.7 Å². The predicted octanol–water partition coefficient (Wildman–Crippen LogP) is 5.20. The Labute approximate surface area is 167 Å². The topological polar surface area (TPSA) is 42.4 Å². The fourth-order valence-electron chi connectivity index (χ4n) is 2.49. The molecule has 1 amide bonds. The van der Waals surface area contributed by atoms with Crippen LogP contribution in [0.5, 0.6) is 0 Å². The van der Waals surface area contributed by atoms with Crippen molar-refractivity contribution in [2.24, 2.45) is 0 Å². The van der Waals surface area contributed by atoms with E-state index < -0.39 is 0 Å². The lowest BCUT2D eigenvalue weighted by Gasteiger charge is -2.18. The molecule has 0 fully saturated rings. The molecule has 4 nitrogen and oxygen atoms in total. The molecular weight excluding hydrogens is 380 g/mol. The van der Waals surface area contributed by atoms with E-state index in [1.807, 2.05) is 53.9 Å². The summed E-state index contributed by atoms with van der Waals surface area (Å²) in [5.74, 6) is -0.170. The minimum atomic E-state index is -0.170. The third-order valence-electron chi connectivity index (χ3n) is 3.85. The molecule has 2 aromatic carbocycles. The van der Waals surface area contributed by atoms with Crippen molar-refractivity contribution in [3.8, 4) is 11.3 Å². The highest BCUT2D eigenvalue weighted by Crippen LogP contribution is 2.27. The number of ether oxygens (including phenoxy) is 1. The van der Waals surface area contributed by atoms with Crippen LogP contribution in [0.4, 0.5) is 5.13 Å². The molecule has 0 aliphatic rings. The fraction of sp³-hybridized carbons (Fsp3) is 0.143. The second-order valence-electron chi connectivity index (χ2n) is 5.76. The number of aromatic nitrogens is 1. The maximum absolute atomic E-state index is 12.6. The Bertz CT molecular complexity index is 911. The van der Waals surface area contributed by atoms with Gasteiger partial charge in [-0.2, -0.15) is 0 Å². The van der Waals surface area contributed by atoms with Gasteiger partial charge in [0.1, 0.15) is 6.61 Å². The lowest BCUT2D eigenvalue weighted by Crippen LogP contribution is -2.34. The van der Waals surface area contributed by atoms with Gasteiger partial charge in [-0.05, 0) is 11.6 Å². The number of carbonyl (C=O) groups excluding carboxylic acids is 1. The molecule has 1 heterocycles. The Balaban J connectivity index is 1.66. The first kappa shape index (κ1) is 19.3. The monoisotopic (exact) mass is 398 g/mol. The largest absolute Gasteiger partial charge is 0.367 e. The zero-order valence-corrected chi connectivity index (χ0v) is 16.2. The third-order valence-corrected chi connectivity index (χ3v) is 5.08. The molecule has 0 aliphatic carbocycles. The van der Waals surface area contributed by atoms with E-state index in [0.717, 1.165) is 16.8 Å². The van der Waals surface area contributed by atoms with Gasteiger partial charge < -0.3 is 4.74 Å². The van der Waals surface area contributed by atoms with Crippen molar-refractivity contribution in [3.63, 3.8) is 0 Å². The number of amides is 1. The molecule has 3 aromatic rings. The summed E-state index contributed by atoms with van der Waals surface area (Å²) in [5, 5.41) is 3.19. The van der Waals surface area contributed by atoms with Gasteiger partial charge in [-0.15, -0.1) is 17.9 Å². The first-order valence-electron chi connectivity index (χ1n) is 8.42. The van der Waals surface area contributed by atoms with E-state index in [-0.39, 0.29) is 19.1 Å². The second kappa shape index (κ2) is 9.46. The molecule has 0 aliphatic heterocycles. The van der Waals surface area contributed by atoms with Crippen molar-refractivity contribution in [1.82, 2.24) is 4.98 Å². The predicted molar refractivity (Wildman–Crippen MR) is 111 cm³/mol. The number of hydrogen-bond acceptors (Lipinski definition) is 4. The summed E-state index contributed by atoms with van der Waals surface area (Å²) in [4.78, 5) is 18.8. The molecule has 6 heteroatoms. The van der Waals surface area contributed by atoms with Crippen molar-refractivity contribution in [2.45, 2.75) is 6.61 Å². The molecule has 0 saturated carbocycles. The quantitative estimate of drug-likeness (QED) is 0.490. The first-order chi connectivity index (χ1) is 13.2. The average molecular weight is 399 g/mol. The molecule has 0 saturated heterocycles. The molecule has 3 rings (SSSR count). The number of benzene rings is 2. The van der Waals surface area contributed by atoms with Gasteiger partial charge in [0, 0.05) is 22.5 Å². The number of rotatable bonds is 8. The van der Waals surface area contributed by atoms with E-state index in [4.69, 9.17) is 16.3 Å². The molecule has 0 atom stereocenters. The van der Waals surface area contributed by atoms with Crippen LogP contribution in [0.1, 0.15) is 5.56 Å². The van der Waals surface area contributed by atoms with Crippen LogP contribution >= 0.6 is 22.9 Å². The van der Waals surface area contributed by atoms with Crippen LogP contribution in [0.25, 0.3) is 11.3 Å². The molecule has 0 radical (unpaired) electrons. The summed E-state index contributed by atoms with van der Waals surface area (Å²) in [6.45, 7) is 4.33. The number of hydrogen-bond donors (Lipinski definition) is 0. The molecule has 1 aromatic heterocycles. The summed E-state index contributed by atoms with van der Waals surface area (Å²) >= 11 is 7.53. The van der Waals surface area contributed by atoms with Crippen molar-refractivity contribution >= 4 is 34.0 Å². The number of thiazole rings is 1. The van der Waals surface area contributed by atoms with Crippen LogP contribution < -0.4 is 4.90 Å². The number of anilines is 1. The van der Waals surface area contributed by atoms with E-state index in [1.165, 1.54) is 11.3 Å². The molecule has 27 heavy (non-hydrogen) atoms. The van der Waals surface area contributed by atoms with Gasteiger partial charge in [-0.1, -0.05) is 66.2 Å². The summed E-state index contributed by atoms with van der Waals surface area (Å²) in [6.07, 6.45) is 1.68. The van der Waals surface area contributed by atoms with Crippen molar-refractivity contribution in [3.05, 3.63) is 83.2 Å². The van der Waals surface area contributed by atoms with Gasteiger partial charge in [-0.3, -0.25) is 9.69 Å². The first-order valence-corrected chi connectivity index (χ1v) is 9.68. The molecule has 0 spiro atoms. The zero-order chi connectivity index (χ0) is 19.1. The van der Waals surface area contributed by atoms with E-state index >= 15 is 0 Å². The Morgan fingerprint density at radius 1 is 1.19 bits per heavy atom. The van der Waals surface area contributed by atoms with Gasteiger partial charge in [0.2, 0.25) is 0 Å². The summed E-state index contributed by atoms with van der Waals surface area (Å²) in [6, 6.07) is 17.3. The zero-order valence-electron chi connectivity index (χ0n) is 14.7. The van der Waals surface area contributed by atoms with Crippen molar-refractivity contribution < 1.29 is 9.53 Å². The number of nitrogens with zero attached hydrogens (tertiary/aromatic N) is 2. The highest BCUT2D eigenvalue weighted by molar-refractivity contribution is 7.14. The Morgan fingerprint density at radius 2 is 1.93 bits per heavy atom. The summed E-state index contributed by atoms with van der Waals surface area (Å²) in [5.41, 5.74) is 2.71. The molecule has 138 valence electrons. The lowest BCUT2D eigenvalue weighted by atomic mass is 10.2. The molecule has 0 unspecified atom stereocenters. The number of carbonyl (C=O) groups is 1. The van der Waals surface area contributed by atoms with Gasteiger partial charge in [0.15, 0.2) is 5.13 Å². The number of halogens is 1. The summed E-state index contributed by atoms with van der Waals surface area (Å²) in [7, 11) is 0. The molecular formula is C21H19ClN2O2S. The van der Waals surface area contributed by atoms with Crippen LogP contribution in [0.3, 0.4) is 0 Å². The fourth-order valence-corrected chi connectivity index (χ4v) is 3.54. The van der Waals surface area contributed by atoms with Crippen molar-refractivity contribution in [1.29, 1.82) is 0 Å². The smallest absolute Gasteiger partial charge is 0.255 e. The van der Waals surface area contributed by atoms with E-state index in [9.17, 15) is 4.79 Å².